The van der Waals surface area contributed by atoms with Crippen LogP contribution in [0.5, 0.6) is 17.2 Å². The van der Waals surface area contributed by atoms with Crippen molar-refractivity contribution in [2.24, 2.45) is 4.99 Å². The molecule has 0 saturated carbocycles. The third-order valence-corrected chi connectivity index (χ3v) is 5.29. The van der Waals surface area contributed by atoms with Crippen molar-refractivity contribution in [3.05, 3.63) is 48.0 Å². The Morgan fingerprint density at radius 1 is 1.00 bits per heavy atom. The van der Waals surface area contributed by atoms with Crippen molar-refractivity contribution in [1.29, 1.82) is 0 Å². The second kappa shape index (κ2) is 10.6. The summed E-state index contributed by atoms with van der Waals surface area (Å²) in [6.07, 6.45) is 0.652. The molecule has 1 aliphatic heterocycles. The molecule has 0 aliphatic carbocycles. The van der Waals surface area contributed by atoms with Gasteiger partial charge in [0, 0.05) is 39.3 Å². The zero-order valence-corrected chi connectivity index (χ0v) is 18.1. The van der Waals surface area contributed by atoms with Crippen LogP contribution in [0.15, 0.2) is 47.5 Å². The standard InChI is InChI=1S/C23H32N4O3/c1-4-24-23(25-13-12-18-8-7-11-21(30-3)22(18)28)27-16-14-26(15-17-27)19-9-5-6-10-20(19)29-2/h5-11,28H,4,12-17H2,1-3H3,(H,24,25). The molecule has 2 aromatic rings. The number of phenolic OH excluding ortho intramolecular Hbond substituents is 1. The third kappa shape index (κ3) is 5.09. The van der Waals surface area contributed by atoms with Gasteiger partial charge in [-0.05, 0) is 37.1 Å². The number of rotatable bonds is 7. The van der Waals surface area contributed by atoms with Crippen molar-refractivity contribution in [3.63, 3.8) is 0 Å². The molecule has 1 saturated heterocycles. The number of nitrogens with zero attached hydrogens (tertiary/aromatic N) is 3. The van der Waals surface area contributed by atoms with Gasteiger partial charge in [-0.2, -0.15) is 0 Å². The minimum absolute atomic E-state index is 0.200. The fourth-order valence-corrected chi connectivity index (χ4v) is 3.69. The predicted octanol–water partition coefficient (Wildman–Crippen LogP) is 2.74. The van der Waals surface area contributed by atoms with Crippen LogP contribution in [-0.4, -0.2) is 69.5 Å². The minimum atomic E-state index is 0.200. The van der Waals surface area contributed by atoms with Crippen LogP contribution in [0, 0.1) is 0 Å². The monoisotopic (exact) mass is 412 g/mol. The highest BCUT2D eigenvalue weighted by molar-refractivity contribution is 5.80. The SMILES string of the molecule is CCNC(=NCCc1cccc(OC)c1O)N1CCN(c2ccccc2OC)CC1. The first kappa shape index (κ1) is 21.6. The zero-order chi connectivity index (χ0) is 21.3. The van der Waals surface area contributed by atoms with Crippen LogP contribution in [-0.2, 0) is 6.42 Å². The van der Waals surface area contributed by atoms with E-state index in [1.54, 1.807) is 20.3 Å². The maximum atomic E-state index is 10.3. The van der Waals surface area contributed by atoms with Crippen LogP contribution >= 0.6 is 0 Å². The number of nitrogens with one attached hydrogen (secondary N) is 1. The summed E-state index contributed by atoms with van der Waals surface area (Å²) in [6, 6.07) is 13.7. The van der Waals surface area contributed by atoms with Crippen molar-refractivity contribution in [2.75, 3.05) is 58.4 Å². The summed E-state index contributed by atoms with van der Waals surface area (Å²) in [5.41, 5.74) is 1.98. The molecule has 162 valence electrons. The van der Waals surface area contributed by atoms with E-state index in [-0.39, 0.29) is 5.75 Å². The number of hydrogen-bond donors (Lipinski definition) is 2. The molecule has 0 aromatic heterocycles. The Kier molecular flexibility index (Phi) is 7.65. The molecule has 1 fully saturated rings. The number of piperazine rings is 1. The molecule has 0 bridgehead atoms. The number of para-hydroxylation sites is 3. The van der Waals surface area contributed by atoms with Gasteiger partial charge >= 0.3 is 0 Å². The number of phenols is 1. The fraction of sp³-hybridized carbons (Fsp3) is 0.435. The molecule has 1 aliphatic rings. The molecule has 0 spiro atoms. The molecule has 0 radical (unpaired) electrons. The molecule has 0 amide bonds. The number of benzene rings is 2. The van der Waals surface area contributed by atoms with Gasteiger partial charge in [0.25, 0.3) is 0 Å². The Morgan fingerprint density at radius 2 is 1.70 bits per heavy atom. The van der Waals surface area contributed by atoms with Crippen molar-refractivity contribution in [1.82, 2.24) is 10.2 Å². The molecule has 0 unspecified atom stereocenters. The molecule has 3 rings (SSSR count). The summed E-state index contributed by atoms with van der Waals surface area (Å²) in [7, 11) is 3.27. The first-order valence-corrected chi connectivity index (χ1v) is 10.4. The van der Waals surface area contributed by atoms with E-state index in [0.29, 0.717) is 18.7 Å². The Balaban J connectivity index is 1.61. The molecular weight excluding hydrogens is 380 g/mol. The van der Waals surface area contributed by atoms with Crippen molar-refractivity contribution < 1.29 is 14.6 Å². The van der Waals surface area contributed by atoms with E-state index in [0.717, 1.165) is 55.7 Å². The number of methoxy groups -OCH3 is 2. The van der Waals surface area contributed by atoms with Crippen LogP contribution in [0.2, 0.25) is 0 Å². The van der Waals surface area contributed by atoms with E-state index in [4.69, 9.17) is 14.5 Å². The lowest BCUT2D eigenvalue weighted by Gasteiger charge is -2.38. The van der Waals surface area contributed by atoms with Gasteiger partial charge < -0.3 is 29.7 Å². The van der Waals surface area contributed by atoms with Gasteiger partial charge in [-0.25, -0.2) is 0 Å². The Hall–Kier alpha value is -3.09. The van der Waals surface area contributed by atoms with Crippen molar-refractivity contribution in [2.45, 2.75) is 13.3 Å². The zero-order valence-electron chi connectivity index (χ0n) is 18.1. The van der Waals surface area contributed by atoms with Gasteiger partial charge in [0.1, 0.15) is 5.75 Å². The number of ether oxygens (including phenoxy) is 2. The largest absolute Gasteiger partial charge is 0.504 e. The van der Waals surface area contributed by atoms with Gasteiger partial charge in [0.2, 0.25) is 0 Å². The smallest absolute Gasteiger partial charge is 0.194 e. The van der Waals surface area contributed by atoms with Crippen LogP contribution in [0.4, 0.5) is 5.69 Å². The average Bonchev–Trinajstić information content (AvgIpc) is 2.79. The maximum absolute atomic E-state index is 10.3. The summed E-state index contributed by atoms with van der Waals surface area (Å²) >= 11 is 0. The van der Waals surface area contributed by atoms with E-state index in [9.17, 15) is 5.11 Å². The maximum Gasteiger partial charge on any atom is 0.194 e. The minimum Gasteiger partial charge on any atom is -0.504 e. The van der Waals surface area contributed by atoms with Crippen LogP contribution in [0.3, 0.4) is 0 Å². The summed E-state index contributed by atoms with van der Waals surface area (Å²) in [4.78, 5) is 9.44. The third-order valence-electron chi connectivity index (χ3n) is 5.29. The van der Waals surface area contributed by atoms with Crippen molar-refractivity contribution >= 4 is 11.6 Å². The van der Waals surface area contributed by atoms with E-state index in [1.165, 1.54) is 0 Å². The normalized spacial score (nSPS) is 14.6. The Bertz CT molecular complexity index is 848. The summed E-state index contributed by atoms with van der Waals surface area (Å²) < 4.78 is 10.7. The molecular formula is C23H32N4O3. The van der Waals surface area contributed by atoms with Crippen molar-refractivity contribution in [3.8, 4) is 17.2 Å². The molecule has 1 heterocycles. The fourth-order valence-electron chi connectivity index (χ4n) is 3.69. The highest BCUT2D eigenvalue weighted by atomic mass is 16.5. The van der Waals surface area contributed by atoms with Gasteiger partial charge in [0.05, 0.1) is 19.9 Å². The molecule has 0 atom stereocenters. The number of aromatic hydroxyl groups is 1. The number of aliphatic imine (C=N–C) groups is 1. The van der Waals surface area contributed by atoms with Gasteiger partial charge in [-0.15, -0.1) is 0 Å². The first-order chi connectivity index (χ1) is 14.7. The van der Waals surface area contributed by atoms with Crippen LogP contribution in [0.1, 0.15) is 12.5 Å². The highest BCUT2D eigenvalue weighted by Gasteiger charge is 2.21. The lowest BCUT2D eigenvalue weighted by Crippen LogP contribution is -2.52. The second-order valence-corrected chi connectivity index (χ2v) is 7.10. The number of hydrogen-bond acceptors (Lipinski definition) is 5. The van der Waals surface area contributed by atoms with Crippen LogP contribution in [0.25, 0.3) is 0 Å². The molecule has 30 heavy (non-hydrogen) atoms. The number of guanidine groups is 1. The van der Waals surface area contributed by atoms with Gasteiger partial charge in [-0.3, -0.25) is 4.99 Å². The lowest BCUT2D eigenvalue weighted by atomic mass is 10.1. The summed E-state index contributed by atoms with van der Waals surface area (Å²) in [5, 5.41) is 13.7. The van der Waals surface area contributed by atoms with Gasteiger partial charge in [-0.1, -0.05) is 24.3 Å². The van der Waals surface area contributed by atoms with E-state index in [1.807, 2.05) is 30.3 Å². The first-order valence-electron chi connectivity index (χ1n) is 10.4. The summed E-state index contributed by atoms with van der Waals surface area (Å²) in [5.74, 6) is 2.52. The second-order valence-electron chi connectivity index (χ2n) is 7.10. The molecule has 2 N–H and O–H groups in total. The van der Waals surface area contributed by atoms with Gasteiger partial charge in [0.15, 0.2) is 17.5 Å². The topological polar surface area (TPSA) is 69.6 Å². The lowest BCUT2D eigenvalue weighted by molar-refractivity contribution is 0.366. The number of anilines is 1. The van der Waals surface area contributed by atoms with E-state index in [2.05, 4.69) is 28.1 Å². The average molecular weight is 413 g/mol. The molecule has 7 heteroatoms. The van der Waals surface area contributed by atoms with E-state index >= 15 is 0 Å². The Morgan fingerprint density at radius 3 is 2.40 bits per heavy atom. The molecule has 2 aromatic carbocycles. The summed E-state index contributed by atoms with van der Waals surface area (Å²) in [6.45, 7) is 7.06. The highest BCUT2D eigenvalue weighted by Crippen LogP contribution is 2.30. The van der Waals surface area contributed by atoms with Crippen LogP contribution < -0.4 is 19.7 Å². The molecule has 7 nitrogen and oxygen atoms in total. The quantitative estimate of drug-likeness (QED) is 0.538. The predicted molar refractivity (Wildman–Crippen MR) is 121 cm³/mol. The Labute approximate surface area is 178 Å². The van der Waals surface area contributed by atoms with E-state index < -0.39 is 0 Å².